The van der Waals surface area contributed by atoms with Crippen molar-refractivity contribution in [2.24, 2.45) is 4.99 Å². The number of benzene rings is 1. The Labute approximate surface area is 149 Å². The fraction of sp³-hybridized carbons (Fsp3) is 0.316. The minimum Gasteiger partial charge on any atom is -0.496 e. The normalized spacial score (nSPS) is 16.8. The molecule has 1 aliphatic heterocycles. The van der Waals surface area contributed by atoms with E-state index in [4.69, 9.17) is 11.0 Å². The summed E-state index contributed by atoms with van der Waals surface area (Å²) in [6.45, 7) is 3.81. The number of aliphatic hydroxyl groups excluding tert-OH is 1. The maximum Gasteiger partial charge on any atom is 0.128 e. The zero-order valence-corrected chi connectivity index (χ0v) is 15.4. The summed E-state index contributed by atoms with van der Waals surface area (Å²) in [6, 6.07) is 5.61. The molecule has 1 aromatic heterocycles. The Hall–Kier alpha value is -1.89. The van der Waals surface area contributed by atoms with Gasteiger partial charge in [0, 0.05) is 35.8 Å². The molecular weight excluding hydrogens is 336 g/mol. The monoisotopic (exact) mass is 358 g/mol. The van der Waals surface area contributed by atoms with E-state index >= 15 is 0 Å². The molecule has 1 unspecified atom stereocenters. The molecule has 1 atom stereocenters. The number of nitrogens with zero attached hydrogens (tertiary/aromatic N) is 2. The summed E-state index contributed by atoms with van der Waals surface area (Å²) in [5.74, 6) is 0.999. The van der Waals surface area contributed by atoms with E-state index in [-0.39, 0.29) is 12.4 Å². The van der Waals surface area contributed by atoms with E-state index < -0.39 is 10.3 Å². The summed E-state index contributed by atoms with van der Waals surface area (Å²) in [7, 11) is -0.969. The van der Waals surface area contributed by atoms with Crippen molar-refractivity contribution in [1.29, 1.82) is 0 Å². The van der Waals surface area contributed by atoms with Crippen molar-refractivity contribution in [2.75, 3.05) is 7.11 Å². The summed E-state index contributed by atoms with van der Waals surface area (Å²) in [5.41, 5.74) is 5.12. The number of fused-ring (bicyclic) bond motifs is 1. The van der Waals surface area contributed by atoms with E-state index in [1.807, 2.05) is 32.0 Å². The quantitative estimate of drug-likeness (QED) is 0.868. The van der Waals surface area contributed by atoms with Crippen LogP contribution in [-0.4, -0.2) is 26.8 Å². The molecule has 2 radical (unpaired) electrons. The third kappa shape index (κ3) is 3.42. The number of aliphatic imine (C=N–C) groups is 1. The highest BCUT2D eigenvalue weighted by atomic mass is 32.3. The second-order valence-corrected chi connectivity index (χ2v) is 8.52. The molecule has 1 aliphatic rings. The minimum atomic E-state index is -2.59. The molecule has 0 bridgehead atoms. The van der Waals surface area contributed by atoms with E-state index in [9.17, 15) is 9.66 Å². The predicted octanol–water partition coefficient (Wildman–Crippen LogP) is 3.93. The standard InChI is InChI=1S/C19H22N2O3S/c1-12-9-20-17(13(2)19(12)24-3)11-25(4,23)18-8-15-6-5-14(10-22)7-16(15)21-18/h4-7,9,22-23H,8,10-11H2,1-3H3. The van der Waals surface area contributed by atoms with Gasteiger partial charge in [-0.3, -0.25) is 4.98 Å². The molecule has 2 N–H and O–H groups in total. The zero-order chi connectivity index (χ0) is 18.2. The van der Waals surface area contributed by atoms with Crippen LogP contribution in [0.25, 0.3) is 0 Å². The van der Waals surface area contributed by atoms with Gasteiger partial charge in [-0.05, 0) is 31.0 Å². The lowest BCUT2D eigenvalue weighted by Crippen LogP contribution is -2.13. The molecule has 25 heavy (non-hydrogen) atoms. The number of ether oxygens (including phenoxy) is 1. The van der Waals surface area contributed by atoms with Crippen LogP contribution in [0.4, 0.5) is 5.69 Å². The Morgan fingerprint density at radius 3 is 2.76 bits per heavy atom. The summed E-state index contributed by atoms with van der Waals surface area (Å²) in [6.07, 6.45) is 8.53. The number of aromatic nitrogens is 1. The van der Waals surface area contributed by atoms with Gasteiger partial charge < -0.3 is 14.4 Å². The van der Waals surface area contributed by atoms with Gasteiger partial charge in [0.15, 0.2) is 0 Å². The van der Waals surface area contributed by atoms with Gasteiger partial charge in [0.05, 0.1) is 30.1 Å². The molecule has 0 aliphatic carbocycles. The van der Waals surface area contributed by atoms with Crippen molar-refractivity contribution < 1.29 is 14.4 Å². The first kappa shape index (κ1) is 17.9. The third-order valence-corrected chi connectivity index (χ3v) is 6.20. The summed E-state index contributed by atoms with van der Waals surface area (Å²) < 4.78 is 16.3. The van der Waals surface area contributed by atoms with Crippen LogP contribution in [0.3, 0.4) is 0 Å². The summed E-state index contributed by atoms with van der Waals surface area (Å²) in [5, 5.41) is 9.84. The van der Waals surface area contributed by atoms with Gasteiger partial charge in [-0.1, -0.05) is 22.4 Å². The molecule has 132 valence electrons. The van der Waals surface area contributed by atoms with E-state index in [1.54, 1.807) is 13.3 Å². The fourth-order valence-corrected chi connectivity index (χ4v) is 4.55. The fourth-order valence-electron chi connectivity index (χ4n) is 3.01. The molecular formula is C19H22N2O3S. The molecule has 6 heteroatoms. The SMILES string of the molecule is [CH]S(O)(Cc1ncc(C)c(OC)c1C)C1=Nc2cc(CO)ccc2C1. The maximum absolute atomic E-state index is 10.9. The van der Waals surface area contributed by atoms with Gasteiger partial charge >= 0.3 is 0 Å². The van der Waals surface area contributed by atoms with Crippen molar-refractivity contribution in [1.82, 2.24) is 4.98 Å². The number of hydrogen-bond donors (Lipinski definition) is 2. The number of aliphatic hydroxyl groups is 1. The lowest BCUT2D eigenvalue weighted by atomic mass is 10.1. The Balaban J connectivity index is 1.88. The molecule has 0 saturated heterocycles. The zero-order valence-electron chi connectivity index (χ0n) is 14.6. The second-order valence-electron chi connectivity index (χ2n) is 6.25. The number of methoxy groups -OCH3 is 1. The Morgan fingerprint density at radius 1 is 1.32 bits per heavy atom. The Morgan fingerprint density at radius 2 is 2.08 bits per heavy atom. The molecule has 0 saturated carbocycles. The molecule has 0 spiro atoms. The van der Waals surface area contributed by atoms with Gasteiger partial charge in [0.1, 0.15) is 5.75 Å². The van der Waals surface area contributed by atoms with Gasteiger partial charge in [-0.25, -0.2) is 4.99 Å². The van der Waals surface area contributed by atoms with Gasteiger partial charge in [0.25, 0.3) is 0 Å². The highest BCUT2D eigenvalue weighted by Gasteiger charge is 2.29. The molecule has 1 aromatic carbocycles. The van der Waals surface area contributed by atoms with Crippen LogP contribution >= 0.6 is 10.3 Å². The molecule has 5 nitrogen and oxygen atoms in total. The largest absolute Gasteiger partial charge is 0.496 e. The molecule has 0 amide bonds. The smallest absolute Gasteiger partial charge is 0.128 e. The van der Waals surface area contributed by atoms with Crippen LogP contribution in [0, 0.1) is 20.1 Å². The first-order chi connectivity index (χ1) is 11.9. The van der Waals surface area contributed by atoms with Crippen LogP contribution < -0.4 is 4.74 Å². The average molecular weight is 358 g/mol. The van der Waals surface area contributed by atoms with E-state index in [0.717, 1.165) is 39.4 Å². The molecule has 2 aromatic rings. The number of hydrogen-bond acceptors (Lipinski definition) is 5. The molecule has 3 rings (SSSR count). The van der Waals surface area contributed by atoms with Crippen molar-refractivity contribution in [3.8, 4) is 5.75 Å². The lowest BCUT2D eigenvalue weighted by molar-refractivity contribution is 0.282. The number of pyridine rings is 1. The average Bonchev–Trinajstić information content (AvgIpc) is 3.02. The van der Waals surface area contributed by atoms with Crippen LogP contribution in [0.5, 0.6) is 5.75 Å². The summed E-state index contributed by atoms with van der Waals surface area (Å²) >= 11 is 0. The third-order valence-electron chi connectivity index (χ3n) is 4.43. The Bertz CT molecular complexity index is 847. The minimum absolute atomic E-state index is 0.0375. The Kier molecular flexibility index (Phi) is 4.86. The predicted molar refractivity (Wildman–Crippen MR) is 102 cm³/mol. The van der Waals surface area contributed by atoms with Crippen molar-refractivity contribution in [2.45, 2.75) is 32.6 Å². The highest BCUT2D eigenvalue weighted by molar-refractivity contribution is 8.41. The van der Waals surface area contributed by atoms with Crippen molar-refractivity contribution >= 4 is 21.0 Å². The molecule has 2 heterocycles. The van der Waals surface area contributed by atoms with Crippen LogP contribution in [0.15, 0.2) is 29.4 Å². The van der Waals surface area contributed by atoms with Crippen molar-refractivity contribution in [3.63, 3.8) is 0 Å². The summed E-state index contributed by atoms with van der Waals surface area (Å²) in [4.78, 5) is 8.96. The van der Waals surface area contributed by atoms with Crippen molar-refractivity contribution in [3.05, 3.63) is 58.6 Å². The number of rotatable bonds is 4. The topological polar surface area (TPSA) is 74.9 Å². The van der Waals surface area contributed by atoms with Gasteiger partial charge in [-0.15, -0.1) is 0 Å². The van der Waals surface area contributed by atoms with Crippen LogP contribution in [-0.2, 0) is 18.8 Å². The first-order valence-electron chi connectivity index (χ1n) is 7.96. The van der Waals surface area contributed by atoms with E-state index in [2.05, 4.69) is 9.98 Å². The van der Waals surface area contributed by atoms with Gasteiger partial charge in [0.2, 0.25) is 0 Å². The van der Waals surface area contributed by atoms with Crippen LogP contribution in [0.2, 0.25) is 0 Å². The highest BCUT2D eigenvalue weighted by Crippen LogP contribution is 2.51. The second kappa shape index (κ2) is 6.78. The van der Waals surface area contributed by atoms with E-state index in [0.29, 0.717) is 11.5 Å². The van der Waals surface area contributed by atoms with E-state index in [1.165, 1.54) is 0 Å². The van der Waals surface area contributed by atoms with Gasteiger partial charge in [-0.2, -0.15) is 0 Å². The lowest BCUT2D eigenvalue weighted by Gasteiger charge is -2.29. The molecule has 0 fully saturated rings. The maximum atomic E-state index is 10.9. The number of aryl methyl sites for hydroxylation is 1. The first-order valence-corrected chi connectivity index (χ1v) is 9.78. The van der Waals surface area contributed by atoms with Crippen LogP contribution in [0.1, 0.15) is 27.9 Å².